The largest absolute Gasteiger partial charge is 0.457 e. The third-order valence-electron chi connectivity index (χ3n) is 11.1. The van der Waals surface area contributed by atoms with Crippen molar-refractivity contribution in [1.82, 2.24) is 18.7 Å². The number of benzene rings is 2. The molecule has 2 aromatic carbocycles. The van der Waals surface area contributed by atoms with Crippen molar-refractivity contribution in [1.29, 1.82) is 0 Å². The highest BCUT2D eigenvalue weighted by molar-refractivity contribution is 7.89. The average Bonchev–Trinajstić information content (AvgIpc) is 3.53. The van der Waals surface area contributed by atoms with E-state index in [0.29, 0.717) is 55.8 Å². The van der Waals surface area contributed by atoms with Gasteiger partial charge in [-0.3, -0.25) is 4.79 Å². The second-order valence-electron chi connectivity index (χ2n) is 15.4. The molecule has 3 aliphatic rings. The lowest BCUT2D eigenvalue weighted by Gasteiger charge is -2.35. The Hall–Kier alpha value is -4.24. The zero-order valence-electron chi connectivity index (χ0n) is 32.4. The van der Waals surface area contributed by atoms with Crippen LogP contribution in [-0.4, -0.2) is 122 Å². The molecule has 3 aromatic rings. The SMILES string of the molecule is C/C(=C\c1cc(F)cc(N2CCN(S(=O)(=O)c3ccc4ccn(C)c4c3)CC2)c1)[C@H]1OC(=O)C[C@H](O)CC[C@H](C)[C@@H](OC(=O)N2CCN(C)CC2)/C=C\[C@@H]1C. The number of cyclic esters (lactones) is 1. The number of hydrogen-bond donors (Lipinski definition) is 1. The van der Waals surface area contributed by atoms with E-state index in [1.807, 2.05) is 80.9 Å². The summed E-state index contributed by atoms with van der Waals surface area (Å²) < 4.78 is 57.7. The molecule has 298 valence electrons. The fourth-order valence-corrected chi connectivity index (χ4v) is 9.02. The number of halogens is 1. The van der Waals surface area contributed by atoms with Gasteiger partial charge in [0, 0.05) is 82.7 Å². The topological polar surface area (TPSA) is 125 Å². The van der Waals surface area contributed by atoms with Crippen molar-refractivity contribution in [3.8, 4) is 0 Å². The quantitative estimate of drug-likeness (QED) is 0.263. The number of amides is 1. The maximum Gasteiger partial charge on any atom is 0.410 e. The van der Waals surface area contributed by atoms with Gasteiger partial charge in [0.1, 0.15) is 18.0 Å². The maximum absolute atomic E-state index is 15.2. The number of fused-ring (bicyclic) bond motifs is 1. The summed E-state index contributed by atoms with van der Waals surface area (Å²) in [5.74, 6) is -1.44. The Morgan fingerprint density at radius 3 is 2.40 bits per heavy atom. The van der Waals surface area contributed by atoms with Crippen LogP contribution in [0.15, 0.2) is 71.3 Å². The lowest BCUT2D eigenvalue weighted by atomic mass is 9.91. The Morgan fingerprint density at radius 2 is 1.67 bits per heavy atom. The number of carbonyl (C=O) groups is 2. The fourth-order valence-electron chi connectivity index (χ4n) is 7.58. The first-order chi connectivity index (χ1) is 26.2. The zero-order chi connectivity index (χ0) is 39.4. The molecule has 12 nitrogen and oxygen atoms in total. The van der Waals surface area contributed by atoms with Crippen molar-refractivity contribution in [2.45, 2.75) is 63.2 Å². The number of piperazine rings is 2. The van der Waals surface area contributed by atoms with Crippen LogP contribution in [0, 0.1) is 17.7 Å². The summed E-state index contributed by atoms with van der Waals surface area (Å²) in [6, 6.07) is 11.8. The molecule has 0 radical (unpaired) electrons. The van der Waals surface area contributed by atoms with E-state index < -0.39 is 40.1 Å². The van der Waals surface area contributed by atoms with Crippen LogP contribution in [-0.2, 0) is 31.3 Å². The van der Waals surface area contributed by atoms with Gasteiger partial charge in [-0.25, -0.2) is 17.6 Å². The predicted octanol–water partition coefficient (Wildman–Crippen LogP) is 5.27. The number of sulfonamides is 1. The molecule has 1 aromatic heterocycles. The van der Waals surface area contributed by atoms with Crippen LogP contribution < -0.4 is 4.90 Å². The molecule has 0 bridgehead atoms. The number of esters is 1. The Morgan fingerprint density at radius 1 is 0.945 bits per heavy atom. The lowest BCUT2D eigenvalue weighted by molar-refractivity contribution is -0.151. The van der Waals surface area contributed by atoms with Crippen molar-refractivity contribution in [3.05, 3.63) is 77.8 Å². The summed E-state index contributed by atoms with van der Waals surface area (Å²) in [5, 5.41) is 11.7. The van der Waals surface area contributed by atoms with E-state index in [2.05, 4.69) is 4.90 Å². The number of ether oxygens (including phenoxy) is 2. The number of nitrogens with zero attached hydrogens (tertiary/aromatic N) is 5. The number of aliphatic hydroxyl groups excluding tert-OH is 1. The Labute approximate surface area is 323 Å². The van der Waals surface area contributed by atoms with Crippen LogP contribution in [0.1, 0.15) is 45.6 Å². The monoisotopic (exact) mass is 779 g/mol. The molecule has 2 saturated heterocycles. The van der Waals surface area contributed by atoms with Gasteiger partial charge < -0.3 is 33.8 Å². The summed E-state index contributed by atoms with van der Waals surface area (Å²) >= 11 is 0. The molecule has 3 aliphatic heterocycles. The van der Waals surface area contributed by atoms with Crippen molar-refractivity contribution < 1.29 is 37.0 Å². The molecule has 0 saturated carbocycles. The third kappa shape index (κ3) is 9.77. The van der Waals surface area contributed by atoms with Gasteiger partial charge in [-0.2, -0.15) is 4.31 Å². The highest BCUT2D eigenvalue weighted by Crippen LogP contribution is 2.29. The number of aliphatic hydroxyl groups is 1. The molecule has 5 atom stereocenters. The highest BCUT2D eigenvalue weighted by Gasteiger charge is 2.31. The molecule has 1 amide bonds. The number of likely N-dealkylation sites (N-methyl/N-ethyl adjacent to an activating group) is 1. The molecule has 14 heteroatoms. The van der Waals surface area contributed by atoms with E-state index in [1.165, 1.54) is 16.4 Å². The van der Waals surface area contributed by atoms with E-state index in [0.717, 1.165) is 24.0 Å². The van der Waals surface area contributed by atoms with Crippen LogP contribution in [0.4, 0.5) is 14.9 Å². The zero-order valence-corrected chi connectivity index (χ0v) is 33.3. The minimum atomic E-state index is -3.73. The standard InChI is InChI=1S/C41H54FN5O7S/c1-28-6-9-35(48)26-39(49)54-40(29(2)7-11-38(28)53-41(50)46-16-14-43(4)15-17-46)30(3)22-31-23-33(42)25-34(24-31)45-18-20-47(21-19-45)55(51,52)36-10-8-32-12-13-44(5)37(32)27-36/h7-8,10-13,22-25,27-29,35,38,40,48H,6,9,14-21,26H2,1-5H3/b11-7-,30-22+/t28-,29-,35+,38-,40-/m0/s1. The maximum atomic E-state index is 15.2. The second-order valence-corrected chi connectivity index (χ2v) is 17.3. The van der Waals surface area contributed by atoms with E-state index >= 15 is 4.39 Å². The van der Waals surface area contributed by atoms with Crippen molar-refractivity contribution in [3.63, 3.8) is 0 Å². The van der Waals surface area contributed by atoms with Gasteiger partial charge in [-0.1, -0.05) is 32.1 Å². The molecule has 6 rings (SSSR count). The number of aryl methyl sites for hydroxylation is 1. The average molecular weight is 780 g/mol. The summed E-state index contributed by atoms with van der Waals surface area (Å²) in [7, 11) is 0.173. The number of rotatable bonds is 6. The normalized spacial score (nSPS) is 26.3. The third-order valence-corrected chi connectivity index (χ3v) is 13.0. The van der Waals surface area contributed by atoms with Gasteiger partial charge >= 0.3 is 12.1 Å². The van der Waals surface area contributed by atoms with Crippen molar-refractivity contribution >= 4 is 44.8 Å². The second kappa shape index (κ2) is 17.3. The molecule has 2 fully saturated rings. The van der Waals surface area contributed by atoms with E-state index in [9.17, 15) is 23.1 Å². The molecular weight excluding hydrogens is 726 g/mol. The van der Waals surface area contributed by atoms with E-state index in [-0.39, 0.29) is 42.3 Å². The van der Waals surface area contributed by atoms with Crippen LogP contribution in [0.3, 0.4) is 0 Å². The Balaban J connectivity index is 1.17. The van der Waals surface area contributed by atoms with Gasteiger partial charge in [-0.05, 0) is 91.7 Å². The number of aromatic nitrogens is 1. The van der Waals surface area contributed by atoms with Crippen LogP contribution in [0.25, 0.3) is 17.0 Å². The molecule has 1 N–H and O–H groups in total. The van der Waals surface area contributed by atoms with Crippen molar-refractivity contribution in [2.75, 3.05) is 64.3 Å². The predicted molar refractivity (Wildman–Crippen MR) is 210 cm³/mol. The van der Waals surface area contributed by atoms with Crippen LogP contribution in [0.5, 0.6) is 0 Å². The molecule has 55 heavy (non-hydrogen) atoms. The Kier molecular flexibility index (Phi) is 12.7. The smallest absolute Gasteiger partial charge is 0.410 e. The van der Waals surface area contributed by atoms with Gasteiger partial charge in [-0.15, -0.1) is 0 Å². The van der Waals surface area contributed by atoms with Gasteiger partial charge in [0.15, 0.2) is 0 Å². The number of hydrogen-bond acceptors (Lipinski definition) is 9. The van der Waals surface area contributed by atoms with Crippen molar-refractivity contribution in [2.24, 2.45) is 18.9 Å². The van der Waals surface area contributed by atoms with Crippen LogP contribution in [0.2, 0.25) is 0 Å². The first-order valence-electron chi connectivity index (χ1n) is 19.2. The number of carbonyl (C=O) groups excluding carboxylic acids is 2. The first kappa shape index (κ1) is 40.4. The first-order valence-corrected chi connectivity index (χ1v) is 20.6. The molecule has 0 spiro atoms. The van der Waals surface area contributed by atoms with Gasteiger partial charge in [0.2, 0.25) is 10.0 Å². The molecule has 0 aliphatic carbocycles. The minimum Gasteiger partial charge on any atom is -0.457 e. The summed E-state index contributed by atoms with van der Waals surface area (Å²) in [4.78, 5) is 32.3. The number of anilines is 1. The Bertz CT molecular complexity index is 2020. The lowest BCUT2D eigenvalue weighted by Crippen LogP contribution is -2.48. The summed E-state index contributed by atoms with van der Waals surface area (Å²) in [6.07, 6.45) is 5.57. The minimum absolute atomic E-state index is 0.105. The van der Waals surface area contributed by atoms with E-state index in [4.69, 9.17) is 9.47 Å². The molecule has 0 unspecified atom stereocenters. The highest BCUT2D eigenvalue weighted by atomic mass is 32.2. The summed E-state index contributed by atoms with van der Waals surface area (Å²) in [5.41, 5.74) is 2.68. The molecular formula is C41H54FN5O7S. The van der Waals surface area contributed by atoms with E-state index in [1.54, 1.807) is 23.1 Å². The summed E-state index contributed by atoms with van der Waals surface area (Å²) in [6.45, 7) is 9.65. The van der Waals surface area contributed by atoms with Gasteiger partial charge in [0.05, 0.1) is 17.4 Å². The molecule has 4 heterocycles. The van der Waals surface area contributed by atoms with Crippen LogP contribution >= 0.6 is 0 Å². The fraction of sp³-hybridized carbons (Fsp3) is 0.512. The van der Waals surface area contributed by atoms with Gasteiger partial charge in [0.25, 0.3) is 0 Å².